The van der Waals surface area contributed by atoms with Gasteiger partial charge in [-0.2, -0.15) is 0 Å². The smallest absolute Gasteiger partial charge is 0.147 e. The van der Waals surface area contributed by atoms with Gasteiger partial charge in [0.1, 0.15) is 0 Å². The Hall–Kier alpha value is -2.22. The van der Waals surface area contributed by atoms with E-state index in [1.54, 1.807) is 32.7 Å². The summed E-state index contributed by atoms with van der Waals surface area (Å²) in [4.78, 5) is 0. The monoisotopic (exact) mass is 670 g/mol. The van der Waals surface area contributed by atoms with Gasteiger partial charge in [-0.25, -0.2) is 0 Å². The molecule has 2 aliphatic carbocycles. The molecular weight excluding hydrogens is 635 g/mol. The van der Waals surface area contributed by atoms with Crippen LogP contribution in [-0.4, -0.2) is 5.43 Å². The Kier molecular flexibility index (Phi) is 10.4. The van der Waals surface area contributed by atoms with Crippen LogP contribution in [0.25, 0.3) is 17.2 Å². The average molecular weight is 673 g/mol. The molecule has 4 aromatic carbocycles. The van der Waals surface area contributed by atoms with Crippen LogP contribution in [-0.2, 0) is 20.4 Å². The van der Waals surface area contributed by atoms with Crippen molar-refractivity contribution in [3.63, 3.8) is 0 Å². The van der Waals surface area contributed by atoms with Gasteiger partial charge in [0.05, 0.1) is 0 Å². The first-order valence-electron chi connectivity index (χ1n) is 14.1. The van der Waals surface area contributed by atoms with Crippen molar-refractivity contribution in [1.82, 2.24) is 0 Å². The van der Waals surface area contributed by atoms with Crippen LogP contribution in [0.3, 0.4) is 0 Å². The van der Waals surface area contributed by atoms with Gasteiger partial charge in [0.15, 0.2) is 0 Å². The Morgan fingerprint density at radius 2 is 1.15 bits per heavy atom. The molecule has 208 valence electrons. The van der Waals surface area contributed by atoms with E-state index in [1.807, 2.05) is 3.28 Å². The number of fused-ring (bicyclic) bond motifs is 1. The van der Waals surface area contributed by atoms with E-state index in [0.29, 0.717) is 9.54 Å². The number of halogens is 2. The molecule has 0 saturated carbocycles. The number of benzene rings is 4. The minimum atomic E-state index is -2.49. The van der Waals surface area contributed by atoms with Crippen molar-refractivity contribution in [2.75, 3.05) is 0 Å². The van der Waals surface area contributed by atoms with E-state index in [1.165, 1.54) is 22.3 Å². The van der Waals surface area contributed by atoms with Crippen molar-refractivity contribution in [3.05, 3.63) is 146 Å². The maximum atomic E-state index is 2.54. The third kappa shape index (κ3) is 5.74. The molecule has 2 unspecified atom stereocenters. The van der Waals surface area contributed by atoms with E-state index < -0.39 is 25.8 Å². The van der Waals surface area contributed by atoms with Crippen molar-refractivity contribution < 1.29 is 20.4 Å². The zero-order valence-electron chi connectivity index (χ0n) is 24.4. The Balaban J connectivity index is 0.00000194. The molecule has 0 heterocycles. The normalized spacial score (nSPS) is 17.4. The first-order valence-corrected chi connectivity index (χ1v) is 21.9. The molecule has 0 aromatic heterocycles. The van der Waals surface area contributed by atoms with E-state index in [4.69, 9.17) is 0 Å². The van der Waals surface area contributed by atoms with Crippen molar-refractivity contribution in [2.45, 2.75) is 38.2 Å². The first-order chi connectivity index (χ1) is 19.0. The van der Waals surface area contributed by atoms with Crippen LogP contribution in [0.4, 0.5) is 0 Å². The summed E-state index contributed by atoms with van der Waals surface area (Å²) in [6.07, 6.45) is 2.54. The molecule has 0 N–H and O–H groups in total. The number of hydrogen-bond acceptors (Lipinski definition) is 0. The predicted molar refractivity (Wildman–Crippen MR) is 181 cm³/mol. The number of rotatable bonds is 5. The molecule has 4 aromatic rings. The molecule has 2 atom stereocenters. The molecule has 0 fully saturated rings. The average Bonchev–Trinajstić information content (AvgIpc) is 3.41. The molecule has 6 rings (SSSR count). The largest absolute Gasteiger partial charge is 0.147 e. The minimum Gasteiger partial charge on any atom is -0.147 e. The van der Waals surface area contributed by atoms with E-state index in [0.717, 1.165) is 0 Å². The van der Waals surface area contributed by atoms with Crippen LogP contribution in [0.1, 0.15) is 49.4 Å². The zero-order valence-corrected chi connectivity index (χ0v) is 29.5. The van der Waals surface area contributed by atoms with Crippen LogP contribution < -0.4 is 10.4 Å². The standard InChI is InChI=1S/C16H13.C12H10Si.C9H13.2ClH.Zr/c1-12-10-14-8-5-9-15(16(14)11-12)13-6-3-2-4-7-13;1-3-7-11(8-4-1)13-12-9-5-2-6-10-12;1-6-5-7(2)9(4)8(6)3;;;/h2-11H,1H3;1-10H;6H,1-4H3;2*1H;. The molecule has 0 amide bonds. The molecule has 0 spiro atoms. The van der Waals surface area contributed by atoms with Crippen LogP contribution >= 0.6 is 24.8 Å². The molecule has 0 aliphatic heterocycles. The fraction of sp³-hybridized carbons (Fsp3) is 0.189. The van der Waals surface area contributed by atoms with E-state index in [9.17, 15) is 0 Å². The van der Waals surface area contributed by atoms with Gasteiger partial charge in [-0.15, -0.1) is 24.8 Å². The fourth-order valence-corrected chi connectivity index (χ4v) is 31.7. The van der Waals surface area contributed by atoms with Gasteiger partial charge in [-0.1, -0.05) is 0 Å². The predicted octanol–water partition coefficient (Wildman–Crippen LogP) is 9.34. The van der Waals surface area contributed by atoms with E-state index in [-0.39, 0.29) is 24.8 Å². The van der Waals surface area contributed by atoms with Gasteiger partial charge >= 0.3 is 243 Å². The molecule has 4 heteroatoms. The molecule has 0 radical (unpaired) electrons. The summed E-state index contributed by atoms with van der Waals surface area (Å²) in [5.41, 5.74) is 11.0. The van der Waals surface area contributed by atoms with Gasteiger partial charge < -0.3 is 0 Å². The van der Waals surface area contributed by atoms with Gasteiger partial charge in [-0.05, 0) is 0 Å². The summed E-state index contributed by atoms with van der Waals surface area (Å²) < 4.78 is 2.40. The quantitative estimate of drug-likeness (QED) is 0.186. The van der Waals surface area contributed by atoms with Gasteiger partial charge in [0.2, 0.25) is 0 Å². The third-order valence-electron chi connectivity index (χ3n) is 8.98. The Bertz CT molecular complexity index is 1640. The summed E-state index contributed by atoms with van der Waals surface area (Å²) >= 11 is -2.49. The van der Waals surface area contributed by atoms with E-state index in [2.05, 4.69) is 150 Å². The molecule has 0 bridgehead atoms. The molecule has 41 heavy (non-hydrogen) atoms. The maximum absolute atomic E-state index is 2.54. The molecule has 0 saturated heterocycles. The Morgan fingerprint density at radius 3 is 1.66 bits per heavy atom. The van der Waals surface area contributed by atoms with Crippen LogP contribution in [0, 0.1) is 5.92 Å². The van der Waals surface area contributed by atoms with Crippen LogP contribution in [0.15, 0.2) is 135 Å². The van der Waals surface area contributed by atoms with Crippen LogP contribution in [0.5, 0.6) is 0 Å². The second-order valence-corrected chi connectivity index (χ2v) is 24.6. The second-order valence-electron chi connectivity index (χ2n) is 11.1. The SMILES string of the molecule is CC1=Cc2c(-c3ccccc3)cccc2[CH]1[Zr]([C]1=C(C)C(C)=C(C)C1C)=[Si](c1ccccc1)c1ccccc1.Cl.Cl. The number of hydrogen-bond donors (Lipinski definition) is 0. The Labute approximate surface area is 266 Å². The second kappa shape index (κ2) is 13.4. The van der Waals surface area contributed by atoms with Gasteiger partial charge in [0, 0.05) is 0 Å². The molecule has 0 nitrogen and oxygen atoms in total. The number of allylic oxidation sites excluding steroid dienone is 5. The zero-order chi connectivity index (χ0) is 27.1. The topological polar surface area (TPSA) is 0 Å². The summed E-state index contributed by atoms with van der Waals surface area (Å²) in [6, 6.07) is 41.2. The van der Waals surface area contributed by atoms with Gasteiger partial charge in [0.25, 0.3) is 0 Å². The van der Waals surface area contributed by atoms with Crippen molar-refractivity contribution in [2.24, 2.45) is 5.92 Å². The van der Waals surface area contributed by atoms with Crippen molar-refractivity contribution in [1.29, 1.82) is 0 Å². The fourth-order valence-electron chi connectivity index (χ4n) is 6.73. The summed E-state index contributed by atoms with van der Waals surface area (Å²) in [5, 5.41) is 3.16. The summed E-state index contributed by atoms with van der Waals surface area (Å²) in [7, 11) is 0. The van der Waals surface area contributed by atoms with Crippen LogP contribution in [0.2, 0.25) is 0 Å². The van der Waals surface area contributed by atoms with Crippen molar-refractivity contribution >= 4 is 46.7 Å². The van der Waals surface area contributed by atoms with Gasteiger partial charge in [-0.3, -0.25) is 0 Å². The van der Waals surface area contributed by atoms with E-state index >= 15 is 0 Å². The summed E-state index contributed by atoms with van der Waals surface area (Å²) in [5.74, 6) is 0.543. The molecular formula is C37H38Cl2SiZr. The third-order valence-corrected chi connectivity index (χ3v) is 29.6. The van der Waals surface area contributed by atoms with Crippen molar-refractivity contribution in [3.8, 4) is 11.1 Å². The minimum absolute atomic E-state index is 0. The maximum Gasteiger partial charge on any atom is -0.147 e. The molecule has 2 aliphatic rings. The summed E-state index contributed by atoms with van der Waals surface area (Å²) in [6.45, 7) is 12.1. The first kappa shape index (κ1) is 31.7. The Morgan fingerprint density at radius 1 is 0.610 bits per heavy atom.